The van der Waals surface area contributed by atoms with E-state index < -0.39 is 5.97 Å². The summed E-state index contributed by atoms with van der Waals surface area (Å²) in [5.41, 5.74) is 0. The molecular weight excluding hydrogens is 124 g/mol. The molecule has 1 atom stereocenters. The van der Waals surface area contributed by atoms with Crippen molar-refractivity contribution in [2.24, 2.45) is 0 Å². The van der Waals surface area contributed by atoms with Crippen molar-refractivity contribution >= 4 is 17.7 Å². The molecule has 0 radical (unpaired) electrons. The van der Waals surface area contributed by atoms with Crippen LogP contribution in [-0.2, 0) is 4.79 Å². The number of carboxylic acids is 1. The third kappa shape index (κ3) is 1.04. The zero-order valence-corrected chi connectivity index (χ0v) is 5.02. The van der Waals surface area contributed by atoms with E-state index in [1.807, 2.05) is 6.08 Å². The van der Waals surface area contributed by atoms with Crippen LogP contribution in [0.3, 0.4) is 0 Å². The molecule has 0 bridgehead atoms. The topological polar surface area (TPSA) is 37.3 Å². The van der Waals surface area contributed by atoms with Crippen molar-refractivity contribution < 1.29 is 9.90 Å². The smallest absolute Gasteiger partial charge is 0.320 e. The average molecular weight is 130 g/mol. The van der Waals surface area contributed by atoms with E-state index in [9.17, 15) is 4.79 Å². The molecule has 1 N–H and O–H groups in total. The van der Waals surface area contributed by atoms with E-state index in [0.717, 1.165) is 5.75 Å². The van der Waals surface area contributed by atoms with Crippen LogP contribution in [0.25, 0.3) is 0 Å². The molecule has 0 saturated heterocycles. The Balaban J connectivity index is 2.48. The van der Waals surface area contributed by atoms with Crippen LogP contribution >= 0.6 is 11.8 Å². The molecule has 1 heterocycles. The normalized spacial score (nSPS) is 26.2. The predicted molar refractivity (Wildman–Crippen MR) is 33.0 cm³/mol. The Morgan fingerprint density at radius 3 is 2.88 bits per heavy atom. The summed E-state index contributed by atoms with van der Waals surface area (Å²) in [6, 6.07) is 0. The highest BCUT2D eigenvalue weighted by Crippen LogP contribution is 2.18. The maximum Gasteiger partial charge on any atom is 0.320 e. The molecule has 1 unspecified atom stereocenters. The largest absolute Gasteiger partial charge is 0.480 e. The van der Waals surface area contributed by atoms with E-state index in [1.54, 1.807) is 6.08 Å². The van der Waals surface area contributed by atoms with Crippen LogP contribution in [-0.4, -0.2) is 22.1 Å². The molecule has 0 spiro atoms. The minimum Gasteiger partial charge on any atom is -0.480 e. The number of hydrogen-bond acceptors (Lipinski definition) is 2. The second-order valence-corrected chi connectivity index (χ2v) is 2.69. The van der Waals surface area contributed by atoms with Gasteiger partial charge in [-0.15, -0.1) is 11.8 Å². The molecule has 0 amide bonds. The van der Waals surface area contributed by atoms with Gasteiger partial charge in [0.15, 0.2) is 0 Å². The summed E-state index contributed by atoms with van der Waals surface area (Å²) in [5.74, 6) is 0.112. The first-order chi connectivity index (χ1) is 3.80. The summed E-state index contributed by atoms with van der Waals surface area (Å²) in [6.45, 7) is 0. The summed E-state index contributed by atoms with van der Waals surface area (Å²) >= 11 is 1.44. The van der Waals surface area contributed by atoms with Crippen LogP contribution in [0.4, 0.5) is 0 Å². The highest BCUT2D eigenvalue weighted by Gasteiger charge is 2.16. The summed E-state index contributed by atoms with van der Waals surface area (Å²) in [5, 5.41) is 8.06. The maximum atomic E-state index is 10.1. The van der Waals surface area contributed by atoms with Crippen LogP contribution in [0.1, 0.15) is 0 Å². The van der Waals surface area contributed by atoms with Gasteiger partial charge in [-0.2, -0.15) is 0 Å². The third-order valence-corrected chi connectivity index (χ3v) is 2.03. The first kappa shape index (κ1) is 5.69. The van der Waals surface area contributed by atoms with E-state index in [4.69, 9.17) is 5.11 Å². The fourth-order valence-electron chi connectivity index (χ4n) is 0.548. The van der Waals surface area contributed by atoms with Gasteiger partial charge in [0.1, 0.15) is 5.25 Å². The molecule has 0 fully saturated rings. The summed E-state index contributed by atoms with van der Waals surface area (Å²) in [6.07, 6.45) is 3.59. The van der Waals surface area contributed by atoms with Gasteiger partial charge in [-0.25, -0.2) is 0 Å². The van der Waals surface area contributed by atoms with Crippen molar-refractivity contribution in [2.75, 3.05) is 5.75 Å². The standard InChI is InChI=1S/C5H6O2S/c6-5(7)4-2-1-3-8-4/h1-2,4H,3H2,(H,6,7). The van der Waals surface area contributed by atoms with Crippen molar-refractivity contribution in [3.63, 3.8) is 0 Å². The summed E-state index contributed by atoms with van der Waals surface area (Å²) in [7, 11) is 0. The van der Waals surface area contributed by atoms with E-state index in [0.29, 0.717) is 0 Å². The van der Waals surface area contributed by atoms with Crippen LogP contribution in [0.5, 0.6) is 0 Å². The molecule has 0 aliphatic carbocycles. The summed E-state index contributed by atoms with van der Waals surface area (Å²) < 4.78 is 0. The van der Waals surface area contributed by atoms with E-state index in [1.165, 1.54) is 11.8 Å². The molecule has 0 aromatic heterocycles. The lowest BCUT2D eigenvalue weighted by atomic mass is 10.4. The molecule has 2 nitrogen and oxygen atoms in total. The lowest BCUT2D eigenvalue weighted by molar-refractivity contribution is -0.135. The van der Waals surface area contributed by atoms with Gasteiger partial charge in [0, 0.05) is 5.75 Å². The second kappa shape index (κ2) is 2.22. The Hall–Kier alpha value is -0.440. The van der Waals surface area contributed by atoms with Gasteiger partial charge >= 0.3 is 5.97 Å². The van der Waals surface area contributed by atoms with Gasteiger partial charge in [0.2, 0.25) is 0 Å². The van der Waals surface area contributed by atoms with E-state index >= 15 is 0 Å². The van der Waals surface area contributed by atoms with Gasteiger partial charge in [0.25, 0.3) is 0 Å². The fourth-order valence-corrected chi connectivity index (χ4v) is 1.34. The number of aliphatic carboxylic acids is 1. The fraction of sp³-hybridized carbons (Fsp3) is 0.400. The molecule has 1 aliphatic heterocycles. The predicted octanol–water partition coefficient (Wildman–Crippen LogP) is 0.743. The Morgan fingerprint density at radius 1 is 1.88 bits per heavy atom. The lowest BCUT2D eigenvalue weighted by Crippen LogP contribution is -2.10. The molecule has 3 heteroatoms. The number of carbonyl (C=O) groups is 1. The van der Waals surface area contributed by atoms with Crippen LogP contribution in [0.2, 0.25) is 0 Å². The molecule has 44 valence electrons. The van der Waals surface area contributed by atoms with Crippen LogP contribution in [0, 0.1) is 0 Å². The van der Waals surface area contributed by atoms with Crippen molar-refractivity contribution in [3.8, 4) is 0 Å². The quantitative estimate of drug-likeness (QED) is 0.532. The van der Waals surface area contributed by atoms with Crippen LogP contribution < -0.4 is 0 Å². The third-order valence-electron chi connectivity index (χ3n) is 0.926. The van der Waals surface area contributed by atoms with Gasteiger partial charge in [-0.1, -0.05) is 12.2 Å². The van der Waals surface area contributed by atoms with E-state index in [-0.39, 0.29) is 5.25 Å². The van der Waals surface area contributed by atoms with Crippen LogP contribution in [0.15, 0.2) is 12.2 Å². The summed E-state index contributed by atoms with van der Waals surface area (Å²) in [4.78, 5) is 10.1. The maximum absolute atomic E-state index is 10.1. The Labute approximate surface area is 51.6 Å². The number of rotatable bonds is 1. The first-order valence-corrected chi connectivity index (χ1v) is 3.36. The van der Waals surface area contributed by atoms with Crippen molar-refractivity contribution in [1.29, 1.82) is 0 Å². The van der Waals surface area contributed by atoms with Crippen molar-refractivity contribution in [1.82, 2.24) is 0 Å². The zero-order chi connectivity index (χ0) is 5.98. The molecule has 0 saturated carbocycles. The minimum absolute atomic E-state index is 0.282. The first-order valence-electron chi connectivity index (χ1n) is 2.32. The highest BCUT2D eigenvalue weighted by atomic mass is 32.2. The highest BCUT2D eigenvalue weighted by molar-refractivity contribution is 8.01. The number of hydrogen-bond donors (Lipinski definition) is 1. The molecular formula is C5H6O2S. The number of thioether (sulfide) groups is 1. The van der Waals surface area contributed by atoms with Crippen molar-refractivity contribution in [3.05, 3.63) is 12.2 Å². The Kier molecular flexibility index (Phi) is 1.58. The van der Waals surface area contributed by atoms with E-state index in [2.05, 4.69) is 0 Å². The Bertz CT molecular complexity index is 130. The molecule has 1 rings (SSSR count). The van der Waals surface area contributed by atoms with Gasteiger partial charge < -0.3 is 5.11 Å². The minimum atomic E-state index is -0.733. The SMILES string of the molecule is O=C(O)C1C=CCS1. The second-order valence-electron chi connectivity index (χ2n) is 1.52. The van der Waals surface area contributed by atoms with Gasteiger partial charge in [-0.3, -0.25) is 4.79 Å². The van der Waals surface area contributed by atoms with Gasteiger partial charge in [0.05, 0.1) is 0 Å². The lowest BCUT2D eigenvalue weighted by Gasteiger charge is -1.95. The molecule has 1 aliphatic rings. The zero-order valence-electron chi connectivity index (χ0n) is 4.20. The molecule has 8 heavy (non-hydrogen) atoms. The molecule has 0 aromatic rings. The monoisotopic (exact) mass is 130 g/mol. The molecule has 0 aromatic carbocycles. The average Bonchev–Trinajstić information content (AvgIpc) is 2.12. The van der Waals surface area contributed by atoms with Gasteiger partial charge in [-0.05, 0) is 0 Å². The van der Waals surface area contributed by atoms with Crippen molar-refractivity contribution in [2.45, 2.75) is 5.25 Å². The Morgan fingerprint density at radius 2 is 2.62 bits per heavy atom. The number of carboxylic acid groups (broad SMARTS) is 1.